The highest BCUT2D eigenvalue weighted by Crippen LogP contribution is 2.41. The van der Waals surface area contributed by atoms with Crippen molar-refractivity contribution in [3.63, 3.8) is 0 Å². The van der Waals surface area contributed by atoms with E-state index in [1.807, 2.05) is 18.2 Å². The van der Waals surface area contributed by atoms with Gasteiger partial charge in [0.1, 0.15) is 23.0 Å². The van der Waals surface area contributed by atoms with Gasteiger partial charge in [-0.3, -0.25) is 4.79 Å². The van der Waals surface area contributed by atoms with Crippen LogP contribution < -0.4 is 11.1 Å². The molecule has 3 N–H and O–H groups in total. The fraction of sp³-hybridized carbons (Fsp3) is 0.136. The minimum atomic E-state index is -0.830. The standard InChI is InChI=1S/C22H16F2N4OS.C22H15F2N3O2S.ClH/c23-15-4-2-5-16(24)19(15)28-21(25)22-27-17-6-1-3-12-7-8-13(18-10-26-11-29-18)9-14(12)20(17)30-22;23-15-4-2-5-16(24)19(15)27-21(28)22-26-17-6-1-3-12-7-8-13(18-10-25-11-29-18)9-14(12)20(17)30-22;/h2,4-5,7-11H,1,3,6H2,(H2,25,28);2,4-5,7-11H,1,3,6H2,(H,27,28);1H. The molecule has 0 saturated heterocycles. The number of benzene rings is 4. The van der Waals surface area contributed by atoms with Crippen LogP contribution in [0.4, 0.5) is 28.9 Å². The predicted octanol–water partition coefficient (Wildman–Crippen LogP) is 11.2. The Balaban J connectivity index is 0.000000166. The van der Waals surface area contributed by atoms with Crippen LogP contribution in [0.3, 0.4) is 0 Å². The van der Waals surface area contributed by atoms with E-state index < -0.39 is 40.6 Å². The maximum absolute atomic E-state index is 13.9. The maximum atomic E-state index is 13.9. The Kier molecular flexibility index (Phi) is 11.9. The number of hydrogen-bond acceptors (Lipinski definition) is 10. The number of nitrogens with one attached hydrogen (secondary N) is 1. The number of oxazole rings is 2. The molecule has 0 atom stereocenters. The normalized spacial score (nSPS) is 13.0. The quantitative estimate of drug-likeness (QED) is 0.0954. The van der Waals surface area contributed by atoms with Crippen LogP contribution in [0.2, 0.25) is 0 Å². The van der Waals surface area contributed by atoms with Crippen molar-refractivity contribution in [3.8, 4) is 43.5 Å². The SMILES string of the molecule is Cl.NC(=Nc1c(F)cccc1F)c1nc2c(s1)-c1cc(-c3cnco3)ccc1CCC2.O=C(Nc1c(F)cccc1F)c1nc2c(s1)-c1cc(-c3cnco3)ccc1CCC2. The van der Waals surface area contributed by atoms with Gasteiger partial charge in [-0.15, -0.1) is 35.1 Å². The van der Waals surface area contributed by atoms with Crippen molar-refractivity contribution in [2.75, 3.05) is 5.32 Å². The Morgan fingerprint density at radius 3 is 1.67 bits per heavy atom. The molecule has 0 bridgehead atoms. The van der Waals surface area contributed by atoms with Crippen molar-refractivity contribution >= 4 is 58.2 Å². The van der Waals surface area contributed by atoms with E-state index in [-0.39, 0.29) is 23.3 Å². The Morgan fingerprint density at radius 1 is 0.672 bits per heavy atom. The molecule has 0 radical (unpaired) electrons. The van der Waals surface area contributed by atoms with Crippen LogP contribution in [0.15, 0.2) is 112 Å². The number of fused-ring (bicyclic) bond motifs is 6. The molecule has 4 aromatic heterocycles. The van der Waals surface area contributed by atoms with Crippen molar-refractivity contribution in [1.29, 1.82) is 0 Å². The summed E-state index contributed by atoms with van der Waals surface area (Å²) in [6.07, 6.45) is 11.3. The number of rotatable bonds is 6. The second kappa shape index (κ2) is 17.6. The first-order chi connectivity index (χ1) is 29.2. The lowest BCUT2D eigenvalue weighted by molar-refractivity contribution is 0.102. The highest BCUT2D eigenvalue weighted by atomic mass is 35.5. The van der Waals surface area contributed by atoms with Crippen LogP contribution in [0.25, 0.3) is 43.5 Å². The fourth-order valence-electron chi connectivity index (χ4n) is 7.15. The minimum absolute atomic E-state index is 0. The van der Waals surface area contributed by atoms with E-state index in [4.69, 9.17) is 14.6 Å². The van der Waals surface area contributed by atoms with Crippen molar-refractivity contribution in [3.05, 3.63) is 154 Å². The number of thiazole rings is 2. The van der Waals surface area contributed by atoms with Gasteiger partial charge in [0.15, 0.2) is 51.8 Å². The number of anilines is 1. The first-order valence-corrected chi connectivity index (χ1v) is 20.4. The lowest BCUT2D eigenvalue weighted by Gasteiger charge is -2.07. The van der Waals surface area contributed by atoms with Crippen molar-refractivity contribution in [2.45, 2.75) is 38.5 Å². The maximum Gasteiger partial charge on any atom is 0.284 e. The molecular formula is C44H32ClF4N7O3S2. The number of nitrogens with zero attached hydrogens (tertiary/aromatic N) is 5. The summed E-state index contributed by atoms with van der Waals surface area (Å²) >= 11 is 2.60. The third-order valence-corrected chi connectivity index (χ3v) is 12.3. The molecule has 308 valence electrons. The number of aryl methyl sites for hydroxylation is 4. The number of carbonyl (C=O) groups is 1. The largest absolute Gasteiger partial charge is 0.444 e. The van der Waals surface area contributed by atoms with E-state index >= 15 is 0 Å². The molecule has 2 aliphatic rings. The van der Waals surface area contributed by atoms with Crippen molar-refractivity contribution in [2.24, 2.45) is 10.7 Å². The number of carbonyl (C=O) groups excluding carboxylic acids is 1. The van der Waals surface area contributed by atoms with E-state index in [9.17, 15) is 22.4 Å². The zero-order valence-corrected chi connectivity index (χ0v) is 34.2. The van der Waals surface area contributed by atoms with E-state index in [0.717, 1.165) is 112 Å². The number of amidine groups is 1. The van der Waals surface area contributed by atoms with E-state index in [0.29, 0.717) is 16.5 Å². The molecule has 0 saturated carbocycles. The van der Waals surface area contributed by atoms with Gasteiger partial charge < -0.3 is 19.9 Å². The van der Waals surface area contributed by atoms with Crippen LogP contribution >= 0.6 is 35.1 Å². The van der Waals surface area contributed by atoms with Crippen LogP contribution in [0.1, 0.15) is 50.2 Å². The van der Waals surface area contributed by atoms with Gasteiger partial charge in [-0.25, -0.2) is 42.5 Å². The van der Waals surface area contributed by atoms with E-state index in [2.05, 4.69) is 48.4 Å². The molecule has 2 aliphatic carbocycles. The molecule has 17 heteroatoms. The molecule has 10 nitrogen and oxygen atoms in total. The zero-order valence-electron chi connectivity index (χ0n) is 31.8. The summed E-state index contributed by atoms with van der Waals surface area (Å²) in [6, 6.07) is 19.2. The fourth-order valence-corrected chi connectivity index (χ4v) is 9.27. The highest BCUT2D eigenvalue weighted by molar-refractivity contribution is 7.17. The summed E-state index contributed by atoms with van der Waals surface area (Å²) in [4.78, 5) is 35.6. The Morgan fingerprint density at radius 2 is 1.16 bits per heavy atom. The van der Waals surface area contributed by atoms with Crippen LogP contribution in [0.5, 0.6) is 0 Å². The summed E-state index contributed by atoms with van der Waals surface area (Å²) in [5.74, 6) is -2.50. The highest BCUT2D eigenvalue weighted by Gasteiger charge is 2.25. The van der Waals surface area contributed by atoms with Gasteiger partial charge in [-0.05, 0) is 97.2 Å². The Labute approximate surface area is 359 Å². The minimum Gasteiger partial charge on any atom is -0.444 e. The first-order valence-electron chi connectivity index (χ1n) is 18.8. The molecule has 0 spiro atoms. The summed E-state index contributed by atoms with van der Waals surface area (Å²) in [6.45, 7) is 0. The molecule has 1 amide bonds. The van der Waals surface area contributed by atoms with Gasteiger partial charge in [0, 0.05) is 11.1 Å². The summed E-state index contributed by atoms with van der Waals surface area (Å²) in [5.41, 5.74) is 13.2. The van der Waals surface area contributed by atoms with Crippen LogP contribution in [-0.4, -0.2) is 31.7 Å². The Bertz CT molecular complexity index is 2880. The summed E-state index contributed by atoms with van der Waals surface area (Å²) in [7, 11) is 0. The lowest BCUT2D eigenvalue weighted by Crippen LogP contribution is -2.14. The van der Waals surface area contributed by atoms with Gasteiger partial charge in [-0.1, -0.05) is 36.4 Å². The summed E-state index contributed by atoms with van der Waals surface area (Å²) < 4.78 is 66.5. The van der Waals surface area contributed by atoms with Crippen LogP contribution in [-0.2, 0) is 25.7 Å². The molecule has 0 fully saturated rings. The monoisotopic (exact) mass is 881 g/mol. The van der Waals surface area contributed by atoms with Gasteiger partial charge in [0.2, 0.25) is 0 Å². The third-order valence-electron chi connectivity index (χ3n) is 10.0. The molecule has 4 heterocycles. The van der Waals surface area contributed by atoms with Gasteiger partial charge in [-0.2, -0.15) is 0 Å². The number of halogens is 5. The second-order valence-corrected chi connectivity index (χ2v) is 15.9. The van der Waals surface area contributed by atoms with Crippen molar-refractivity contribution < 1.29 is 31.2 Å². The summed E-state index contributed by atoms with van der Waals surface area (Å²) in [5, 5.41) is 2.93. The van der Waals surface area contributed by atoms with Gasteiger partial charge >= 0.3 is 0 Å². The molecule has 8 aromatic rings. The van der Waals surface area contributed by atoms with Crippen LogP contribution in [0, 0.1) is 23.3 Å². The lowest BCUT2D eigenvalue weighted by atomic mass is 10.0. The van der Waals surface area contributed by atoms with E-state index in [1.165, 1.54) is 53.2 Å². The Hall–Kier alpha value is -6.49. The molecule has 10 rings (SSSR count). The van der Waals surface area contributed by atoms with Gasteiger partial charge in [0.05, 0.1) is 33.5 Å². The predicted molar refractivity (Wildman–Crippen MR) is 228 cm³/mol. The number of nitrogens with two attached hydrogens (primary N) is 1. The average Bonchev–Trinajstić information content (AvgIpc) is 4.08. The van der Waals surface area contributed by atoms with Gasteiger partial charge in [0.25, 0.3) is 5.91 Å². The number of aromatic nitrogens is 4. The second-order valence-electron chi connectivity index (χ2n) is 13.9. The number of amides is 1. The van der Waals surface area contributed by atoms with Crippen molar-refractivity contribution in [1.82, 2.24) is 19.9 Å². The number of aliphatic imine (C=N–C) groups is 1. The first kappa shape index (κ1) is 41.3. The zero-order chi connectivity index (χ0) is 41.3. The molecular weight excluding hydrogens is 850 g/mol. The molecule has 4 aromatic carbocycles. The third kappa shape index (κ3) is 8.46. The number of hydrogen-bond donors (Lipinski definition) is 2. The topological polar surface area (TPSA) is 145 Å². The molecule has 0 unspecified atom stereocenters. The van der Waals surface area contributed by atoms with E-state index in [1.54, 1.807) is 12.4 Å². The molecule has 0 aliphatic heterocycles. The molecule has 61 heavy (non-hydrogen) atoms. The smallest absolute Gasteiger partial charge is 0.284 e. The average molecular weight is 882 g/mol. The number of para-hydroxylation sites is 2.